The Hall–Kier alpha value is -1.53. The van der Waals surface area contributed by atoms with Crippen molar-refractivity contribution in [3.8, 4) is 0 Å². The topological polar surface area (TPSA) is 92.3 Å². The number of rotatable bonds is 4. The molecule has 6 heteroatoms. The number of hydrogen-bond donors (Lipinski definition) is 2. The van der Waals surface area contributed by atoms with Gasteiger partial charge in [0, 0.05) is 30.3 Å². The zero-order chi connectivity index (χ0) is 14.0. The predicted octanol–water partition coefficient (Wildman–Crippen LogP) is 0.159. The van der Waals surface area contributed by atoms with E-state index in [2.05, 4.69) is 21.9 Å². The molecule has 3 N–H and O–H groups in total. The number of aliphatic carboxylic acids is 1. The number of aryl methyl sites for hydroxylation is 1. The summed E-state index contributed by atoms with van der Waals surface area (Å²) >= 11 is 0. The van der Waals surface area contributed by atoms with Gasteiger partial charge in [0.05, 0.1) is 0 Å². The van der Waals surface area contributed by atoms with E-state index < -0.39 is 12.0 Å². The Morgan fingerprint density at radius 2 is 2.37 bits per heavy atom. The van der Waals surface area contributed by atoms with E-state index in [1.54, 1.807) is 0 Å². The van der Waals surface area contributed by atoms with Gasteiger partial charge in [-0.25, -0.2) is 9.97 Å². The van der Waals surface area contributed by atoms with Gasteiger partial charge in [0.2, 0.25) is 0 Å². The van der Waals surface area contributed by atoms with Gasteiger partial charge in [0.25, 0.3) is 0 Å². The first-order chi connectivity index (χ1) is 8.95. The number of nitrogens with two attached hydrogens (primary N) is 1. The summed E-state index contributed by atoms with van der Waals surface area (Å²) < 4.78 is 0. The number of nitrogens with zero attached hydrogens (tertiary/aromatic N) is 3. The molecular formula is C13H20N4O2. The fraction of sp³-hybridized carbons (Fsp3) is 0.615. The van der Waals surface area contributed by atoms with Gasteiger partial charge in [-0.2, -0.15) is 0 Å². The molecule has 0 radical (unpaired) electrons. The van der Waals surface area contributed by atoms with Gasteiger partial charge in [0.1, 0.15) is 11.9 Å². The molecule has 1 aromatic heterocycles. The summed E-state index contributed by atoms with van der Waals surface area (Å²) in [6.45, 7) is 3.96. The van der Waals surface area contributed by atoms with Crippen molar-refractivity contribution < 1.29 is 9.90 Å². The molecular weight excluding hydrogens is 244 g/mol. The van der Waals surface area contributed by atoms with Gasteiger partial charge in [0.15, 0.2) is 0 Å². The first-order valence-corrected chi connectivity index (χ1v) is 6.47. The Morgan fingerprint density at radius 3 is 2.95 bits per heavy atom. The second-order valence-electron chi connectivity index (χ2n) is 5.25. The Kier molecular flexibility index (Phi) is 4.11. The molecule has 19 heavy (non-hydrogen) atoms. The highest BCUT2D eigenvalue weighted by Gasteiger charge is 2.23. The van der Waals surface area contributed by atoms with Gasteiger partial charge >= 0.3 is 5.97 Å². The molecule has 1 aliphatic heterocycles. The highest BCUT2D eigenvalue weighted by atomic mass is 16.4. The Bertz CT molecular complexity index is 478. The van der Waals surface area contributed by atoms with E-state index in [0.29, 0.717) is 11.7 Å². The fourth-order valence-electron chi connectivity index (χ4n) is 2.42. The van der Waals surface area contributed by atoms with E-state index in [-0.39, 0.29) is 6.42 Å². The van der Waals surface area contributed by atoms with Crippen LogP contribution in [-0.2, 0) is 11.2 Å². The van der Waals surface area contributed by atoms with Gasteiger partial charge < -0.3 is 15.7 Å². The third kappa shape index (κ3) is 3.48. The Labute approximate surface area is 112 Å². The van der Waals surface area contributed by atoms with Crippen LogP contribution in [0.4, 0.5) is 0 Å². The maximum Gasteiger partial charge on any atom is 0.320 e. The molecule has 1 aliphatic rings. The second-order valence-corrected chi connectivity index (χ2v) is 5.25. The minimum absolute atomic E-state index is 0.173. The summed E-state index contributed by atoms with van der Waals surface area (Å²) in [5, 5.41) is 8.84. The largest absolute Gasteiger partial charge is 0.480 e. The normalized spacial score (nSPS) is 21.5. The van der Waals surface area contributed by atoms with E-state index in [4.69, 9.17) is 10.8 Å². The number of aromatic nitrogens is 2. The molecule has 2 heterocycles. The summed E-state index contributed by atoms with van der Waals surface area (Å²) in [5.74, 6) is -0.0850. The fourth-order valence-corrected chi connectivity index (χ4v) is 2.42. The van der Waals surface area contributed by atoms with Crippen LogP contribution in [0.15, 0.2) is 6.07 Å². The first kappa shape index (κ1) is 13.9. The lowest BCUT2D eigenvalue weighted by molar-refractivity contribution is -0.138. The van der Waals surface area contributed by atoms with Crippen molar-refractivity contribution in [2.75, 3.05) is 20.1 Å². The highest BCUT2D eigenvalue weighted by Crippen LogP contribution is 2.25. The third-order valence-corrected chi connectivity index (χ3v) is 3.45. The molecule has 0 bridgehead atoms. The van der Waals surface area contributed by atoms with Crippen LogP contribution in [0.3, 0.4) is 0 Å². The van der Waals surface area contributed by atoms with E-state index >= 15 is 0 Å². The Balaban J connectivity index is 2.17. The zero-order valence-corrected chi connectivity index (χ0v) is 11.3. The van der Waals surface area contributed by atoms with Crippen LogP contribution in [0.2, 0.25) is 0 Å². The van der Waals surface area contributed by atoms with E-state index in [0.717, 1.165) is 30.9 Å². The zero-order valence-electron chi connectivity index (χ0n) is 11.3. The number of carboxylic acid groups (broad SMARTS) is 1. The minimum atomic E-state index is -1.02. The molecule has 2 rings (SSSR count). The van der Waals surface area contributed by atoms with Crippen LogP contribution in [-0.4, -0.2) is 52.1 Å². The summed E-state index contributed by atoms with van der Waals surface area (Å²) in [6.07, 6.45) is 1.25. The van der Waals surface area contributed by atoms with Crippen LogP contribution >= 0.6 is 0 Å². The van der Waals surface area contributed by atoms with Gasteiger partial charge in [-0.15, -0.1) is 0 Å². The molecule has 2 unspecified atom stereocenters. The lowest BCUT2D eigenvalue weighted by Crippen LogP contribution is -2.33. The van der Waals surface area contributed by atoms with Crippen LogP contribution in [0.1, 0.15) is 29.6 Å². The number of likely N-dealkylation sites (N-methyl/N-ethyl adjacent to an activating group) is 1. The summed E-state index contributed by atoms with van der Waals surface area (Å²) in [6, 6.07) is 1.04. The molecule has 0 aliphatic carbocycles. The molecule has 0 saturated carbocycles. The molecule has 0 amide bonds. The van der Waals surface area contributed by atoms with Crippen molar-refractivity contribution >= 4 is 5.97 Å². The van der Waals surface area contributed by atoms with Crippen molar-refractivity contribution in [2.24, 2.45) is 5.73 Å². The van der Waals surface area contributed by atoms with Gasteiger partial charge in [-0.05, 0) is 33.0 Å². The van der Waals surface area contributed by atoms with E-state index in [9.17, 15) is 4.79 Å². The molecule has 2 atom stereocenters. The SMILES string of the molecule is Cc1cc(C2CCN(C)C2)nc(CC(N)C(=O)O)n1. The Morgan fingerprint density at radius 1 is 1.63 bits per heavy atom. The van der Waals surface area contributed by atoms with E-state index in [1.807, 2.05) is 13.0 Å². The maximum absolute atomic E-state index is 10.8. The highest BCUT2D eigenvalue weighted by molar-refractivity contribution is 5.73. The summed E-state index contributed by atoms with van der Waals surface area (Å²) in [5.41, 5.74) is 7.41. The molecule has 1 saturated heterocycles. The molecule has 6 nitrogen and oxygen atoms in total. The number of carboxylic acids is 1. The van der Waals surface area contributed by atoms with Crippen molar-refractivity contribution in [3.05, 3.63) is 23.3 Å². The van der Waals surface area contributed by atoms with Crippen LogP contribution in [0.5, 0.6) is 0 Å². The number of likely N-dealkylation sites (tertiary alicyclic amines) is 1. The number of carbonyl (C=O) groups is 1. The average Bonchev–Trinajstić information content (AvgIpc) is 2.75. The smallest absolute Gasteiger partial charge is 0.320 e. The van der Waals surface area contributed by atoms with Crippen molar-refractivity contribution in [3.63, 3.8) is 0 Å². The molecule has 1 aromatic rings. The third-order valence-electron chi connectivity index (χ3n) is 3.45. The summed E-state index contributed by atoms with van der Waals surface area (Å²) in [7, 11) is 2.09. The second kappa shape index (κ2) is 5.63. The predicted molar refractivity (Wildman–Crippen MR) is 70.9 cm³/mol. The standard InChI is InChI=1S/C13H20N4O2/c1-8-5-11(9-3-4-17(2)7-9)16-12(15-8)6-10(14)13(18)19/h5,9-10H,3-4,6-7,14H2,1-2H3,(H,18,19). The van der Waals surface area contributed by atoms with Crippen molar-refractivity contribution in [1.29, 1.82) is 0 Å². The maximum atomic E-state index is 10.8. The summed E-state index contributed by atoms with van der Waals surface area (Å²) in [4.78, 5) is 21.8. The van der Waals surface area contributed by atoms with E-state index in [1.165, 1.54) is 0 Å². The van der Waals surface area contributed by atoms with Crippen molar-refractivity contribution in [1.82, 2.24) is 14.9 Å². The van der Waals surface area contributed by atoms with Crippen molar-refractivity contribution in [2.45, 2.75) is 31.7 Å². The first-order valence-electron chi connectivity index (χ1n) is 6.47. The van der Waals surface area contributed by atoms with Crippen LogP contribution in [0, 0.1) is 6.92 Å². The lowest BCUT2D eigenvalue weighted by atomic mass is 10.0. The quantitative estimate of drug-likeness (QED) is 0.804. The van der Waals surface area contributed by atoms with Crippen LogP contribution < -0.4 is 5.73 Å². The van der Waals surface area contributed by atoms with Gasteiger partial charge in [-0.1, -0.05) is 0 Å². The molecule has 0 aromatic carbocycles. The average molecular weight is 264 g/mol. The van der Waals surface area contributed by atoms with Crippen LogP contribution in [0.25, 0.3) is 0 Å². The minimum Gasteiger partial charge on any atom is -0.480 e. The molecule has 1 fully saturated rings. The monoisotopic (exact) mass is 264 g/mol. The number of hydrogen-bond acceptors (Lipinski definition) is 5. The lowest BCUT2D eigenvalue weighted by Gasteiger charge is -2.13. The molecule has 104 valence electrons. The van der Waals surface area contributed by atoms with Gasteiger partial charge in [-0.3, -0.25) is 4.79 Å². The molecule has 0 spiro atoms.